The van der Waals surface area contributed by atoms with Gasteiger partial charge in [-0.25, -0.2) is 0 Å². The Morgan fingerprint density at radius 1 is 1.38 bits per heavy atom. The van der Waals surface area contributed by atoms with E-state index in [2.05, 4.69) is 31.1 Å². The second-order valence-corrected chi connectivity index (χ2v) is 7.52. The number of nitrogen functional groups attached to an aromatic ring is 1. The fourth-order valence-electron chi connectivity index (χ4n) is 4.59. The molecule has 4 heteroatoms. The number of pyridine rings is 1. The predicted molar refractivity (Wildman–Crippen MR) is 86.5 cm³/mol. The lowest BCUT2D eigenvalue weighted by Crippen LogP contribution is -2.45. The highest BCUT2D eigenvalue weighted by Crippen LogP contribution is 2.63. The third-order valence-corrected chi connectivity index (χ3v) is 5.73. The number of anilines is 2. The Kier molecular flexibility index (Phi) is 3.30. The maximum Gasteiger partial charge on any atom is 0.239 e. The van der Waals surface area contributed by atoms with Crippen molar-refractivity contribution >= 4 is 11.5 Å². The van der Waals surface area contributed by atoms with Gasteiger partial charge in [-0.05, 0) is 55.1 Å². The van der Waals surface area contributed by atoms with Gasteiger partial charge in [-0.2, -0.15) is 4.98 Å². The Labute approximate surface area is 127 Å². The minimum absolute atomic E-state index is 0.307. The highest BCUT2D eigenvalue weighted by atomic mass is 16.5. The van der Waals surface area contributed by atoms with E-state index in [9.17, 15) is 0 Å². The zero-order chi connectivity index (χ0) is 15.3. The third kappa shape index (κ3) is 2.25. The molecule has 2 saturated carbocycles. The van der Waals surface area contributed by atoms with Crippen LogP contribution in [0.1, 0.15) is 47.0 Å². The van der Waals surface area contributed by atoms with Gasteiger partial charge >= 0.3 is 0 Å². The van der Waals surface area contributed by atoms with Crippen molar-refractivity contribution in [3.8, 4) is 5.88 Å². The van der Waals surface area contributed by atoms with E-state index in [1.165, 1.54) is 19.3 Å². The Morgan fingerprint density at radius 2 is 2.14 bits per heavy atom. The van der Waals surface area contributed by atoms with Crippen molar-refractivity contribution < 1.29 is 4.74 Å². The van der Waals surface area contributed by atoms with Crippen LogP contribution in [0.15, 0.2) is 12.1 Å². The normalized spacial score (nSPS) is 33.1. The molecule has 2 aliphatic rings. The van der Waals surface area contributed by atoms with Crippen LogP contribution < -0.4 is 15.8 Å². The maximum absolute atomic E-state index is 5.91. The van der Waals surface area contributed by atoms with E-state index >= 15 is 0 Å². The molecule has 1 heterocycles. The van der Waals surface area contributed by atoms with Crippen LogP contribution in [0.2, 0.25) is 0 Å². The van der Waals surface area contributed by atoms with Crippen LogP contribution in [0.3, 0.4) is 0 Å². The second kappa shape index (κ2) is 4.79. The third-order valence-electron chi connectivity index (χ3n) is 5.73. The zero-order valence-electron chi connectivity index (χ0n) is 13.6. The van der Waals surface area contributed by atoms with Crippen molar-refractivity contribution in [2.24, 2.45) is 16.7 Å². The Hall–Kier alpha value is -1.45. The van der Waals surface area contributed by atoms with E-state index < -0.39 is 0 Å². The summed E-state index contributed by atoms with van der Waals surface area (Å²) < 4.78 is 5.50. The van der Waals surface area contributed by atoms with Crippen molar-refractivity contribution in [1.82, 2.24) is 4.98 Å². The molecular formula is C17H27N3O. The van der Waals surface area contributed by atoms with E-state index in [0.717, 1.165) is 11.7 Å². The molecule has 116 valence electrons. The first kappa shape index (κ1) is 14.5. The van der Waals surface area contributed by atoms with E-state index in [4.69, 9.17) is 10.5 Å². The molecule has 0 radical (unpaired) electrons. The number of nitrogens with one attached hydrogen (secondary N) is 1. The van der Waals surface area contributed by atoms with E-state index in [0.29, 0.717) is 35.0 Å². The number of aromatic nitrogens is 1. The van der Waals surface area contributed by atoms with Crippen molar-refractivity contribution in [1.29, 1.82) is 0 Å². The van der Waals surface area contributed by atoms with Crippen molar-refractivity contribution in [2.45, 2.75) is 53.0 Å². The van der Waals surface area contributed by atoms with Gasteiger partial charge < -0.3 is 15.8 Å². The molecule has 3 atom stereocenters. The number of fused-ring (bicyclic) bond motifs is 2. The van der Waals surface area contributed by atoms with Crippen LogP contribution >= 0.6 is 0 Å². The van der Waals surface area contributed by atoms with Crippen LogP contribution in [0.4, 0.5) is 11.5 Å². The summed E-state index contributed by atoms with van der Waals surface area (Å²) >= 11 is 0. The predicted octanol–water partition coefficient (Wildman–Crippen LogP) is 3.69. The van der Waals surface area contributed by atoms with Gasteiger partial charge in [0.15, 0.2) is 0 Å². The summed E-state index contributed by atoms with van der Waals surface area (Å²) in [5, 5.41) is 3.68. The highest BCUT2D eigenvalue weighted by Gasteiger charge is 2.59. The number of rotatable bonds is 4. The quantitative estimate of drug-likeness (QED) is 0.887. The molecule has 1 aromatic rings. The second-order valence-electron chi connectivity index (χ2n) is 7.52. The molecule has 1 aromatic heterocycles. The topological polar surface area (TPSA) is 60.2 Å². The number of nitrogens with two attached hydrogens (primary N) is 1. The molecule has 0 spiro atoms. The first-order valence-corrected chi connectivity index (χ1v) is 8.02. The van der Waals surface area contributed by atoms with Crippen LogP contribution in [-0.2, 0) is 0 Å². The maximum atomic E-state index is 5.91. The molecular weight excluding hydrogens is 262 g/mol. The molecule has 2 bridgehead atoms. The van der Waals surface area contributed by atoms with Crippen molar-refractivity contribution in [2.75, 3.05) is 17.7 Å². The Morgan fingerprint density at radius 3 is 2.76 bits per heavy atom. The molecule has 0 aromatic carbocycles. The molecule has 0 aliphatic heterocycles. The van der Waals surface area contributed by atoms with Gasteiger partial charge in [0.05, 0.1) is 12.3 Å². The molecule has 3 rings (SSSR count). The number of ether oxygens (including phenoxy) is 1. The molecule has 3 unspecified atom stereocenters. The smallest absolute Gasteiger partial charge is 0.239 e. The number of hydrogen-bond donors (Lipinski definition) is 2. The lowest BCUT2D eigenvalue weighted by molar-refractivity contribution is 0.155. The summed E-state index contributed by atoms with van der Waals surface area (Å²) in [7, 11) is 0. The molecule has 21 heavy (non-hydrogen) atoms. The van der Waals surface area contributed by atoms with Crippen molar-refractivity contribution in [3.63, 3.8) is 0 Å². The van der Waals surface area contributed by atoms with Crippen molar-refractivity contribution in [3.05, 3.63) is 12.1 Å². The summed E-state index contributed by atoms with van der Waals surface area (Å²) in [4.78, 5) is 4.55. The summed E-state index contributed by atoms with van der Waals surface area (Å²) in [6.45, 7) is 9.72. The molecule has 2 aliphatic carbocycles. The summed E-state index contributed by atoms with van der Waals surface area (Å²) in [6.07, 6.45) is 4.00. The monoisotopic (exact) mass is 289 g/mol. The molecule has 0 amide bonds. The molecule has 4 nitrogen and oxygen atoms in total. The zero-order valence-corrected chi connectivity index (χ0v) is 13.6. The SMILES string of the molecule is CCOc1nc(NC2C3(C)CCC(C3)C2(C)C)ccc1N. The summed E-state index contributed by atoms with van der Waals surface area (Å²) in [5.74, 6) is 2.23. The van der Waals surface area contributed by atoms with Gasteiger partial charge in [0.25, 0.3) is 0 Å². The number of nitrogens with zero attached hydrogens (tertiary/aromatic N) is 1. The van der Waals surface area contributed by atoms with Crippen LogP contribution in [0.5, 0.6) is 5.88 Å². The first-order chi connectivity index (χ1) is 9.87. The largest absolute Gasteiger partial charge is 0.476 e. The van der Waals surface area contributed by atoms with Gasteiger partial charge in [-0.15, -0.1) is 0 Å². The minimum atomic E-state index is 0.307. The van der Waals surface area contributed by atoms with E-state index in [-0.39, 0.29) is 0 Å². The van der Waals surface area contributed by atoms with Crippen LogP contribution in [0.25, 0.3) is 0 Å². The van der Waals surface area contributed by atoms with Crippen LogP contribution in [0, 0.1) is 16.7 Å². The first-order valence-electron chi connectivity index (χ1n) is 8.02. The number of hydrogen-bond acceptors (Lipinski definition) is 4. The van der Waals surface area contributed by atoms with E-state index in [1.807, 2.05) is 19.1 Å². The molecule has 2 fully saturated rings. The highest BCUT2D eigenvalue weighted by molar-refractivity contribution is 5.54. The van der Waals surface area contributed by atoms with Gasteiger partial charge in [-0.1, -0.05) is 20.8 Å². The fraction of sp³-hybridized carbons (Fsp3) is 0.706. The van der Waals surface area contributed by atoms with Gasteiger partial charge in [0.1, 0.15) is 5.82 Å². The summed E-state index contributed by atoms with van der Waals surface area (Å²) in [5.41, 5.74) is 7.19. The minimum Gasteiger partial charge on any atom is -0.476 e. The Balaban J connectivity index is 1.85. The lowest BCUT2D eigenvalue weighted by atomic mass is 9.68. The van der Waals surface area contributed by atoms with E-state index in [1.54, 1.807) is 0 Å². The van der Waals surface area contributed by atoms with Gasteiger partial charge in [0, 0.05) is 6.04 Å². The van der Waals surface area contributed by atoms with Gasteiger partial charge in [-0.3, -0.25) is 0 Å². The average molecular weight is 289 g/mol. The van der Waals surface area contributed by atoms with Crippen LogP contribution in [-0.4, -0.2) is 17.6 Å². The van der Waals surface area contributed by atoms with Gasteiger partial charge in [0.2, 0.25) is 5.88 Å². The molecule has 0 saturated heterocycles. The Bertz CT molecular complexity index is 538. The average Bonchev–Trinajstić information content (AvgIpc) is 2.90. The molecule has 3 N–H and O–H groups in total. The lowest BCUT2D eigenvalue weighted by Gasteiger charge is -2.43. The standard InChI is InChI=1S/C17H27N3O/c1-5-21-14-12(18)6-7-13(19-14)20-15-16(2,3)11-8-9-17(15,4)10-11/h6-7,11,15H,5,8-10,18H2,1-4H3,(H,19,20). The summed E-state index contributed by atoms with van der Waals surface area (Å²) in [6, 6.07) is 4.29. The fourth-order valence-corrected chi connectivity index (χ4v) is 4.59.